The van der Waals surface area contributed by atoms with Crippen molar-refractivity contribution in [1.82, 2.24) is 14.9 Å². The number of anilines is 1. The molecular weight excluding hydrogens is 456 g/mol. The number of rotatable bonds is 7. The maximum absolute atomic E-state index is 12.8. The first-order valence-electron chi connectivity index (χ1n) is 11.3. The van der Waals surface area contributed by atoms with Crippen LogP contribution < -0.4 is 4.90 Å². The van der Waals surface area contributed by atoms with Gasteiger partial charge < -0.3 is 14.5 Å². The van der Waals surface area contributed by atoms with E-state index in [4.69, 9.17) is 26.3 Å². The second-order valence-electron chi connectivity index (χ2n) is 8.60. The van der Waals surface area contributed by atoms with Crippen LogP contribution in [-0.2, 0) is 17.8 Å². The number of methoxy groups -OCH3 is 1. The SMILES string of the molecule is COCc1nc(C2CC2)nc(N2CCN(C(=O)c3cccs3)CC2)c1Cc1cccc(Cl)c1. The Hall–Kier alpha value is -2.48. The van der Waals surface area contributed by atoms with Gasteiger partial charge in [-0.15, -0.1) is 11.3 Å². The first-order valence-corrected chi connectivity index (χ1v) is 12.6. The van der Waals surface area contributed by atoms with Gasteiger partial charge in [0.25, 0.3) is 5.91 Å². The number of hydrogen-bond donors (Lipinski definition) is 0. The largest absolute Gasteiger partial charge is 0.378 e. The van der Waals surface area contributed by atoms with Gasteiger partial charge in [0, 0.05) is 56.2 Å². The average molecular weight is 483 g/mol. The summed E-state index contributed by atoms with van der Waals surface area (Å²) in [5.74, 6) is 2.46. The molecule has 172 valence electrons. The second kappa shape index (κ2) is 9.79. The van der Waals surface area contributed by atoms with Crippen LogP contribution in [0.15, 0.2) is 41.8 Å². The van der Waals surface area contributed by atoms with Gasteiger partial charge in [-0.05, 0) is 42.0 Å². The van der Waals surface area contributed by atoms with Gasteiger partial charge in [-0.1, -0.05) is 29.8 Å². The van der Waals surface area contributed by atoms with E-state index >= 15 is 0 Å². The van der Waals surface area contributed by atoms with Gasteiger partial charge in [0.15, 0.2) is 0 Å². The smallest absolute Gasteiger partial charge is 0.264 e. The summed E-state index contributed by atoms with van der Waals surface area (Å²) in [6.07, 6.45) is 2.97. The molecule has 1 amide bonds. The molecular formula is C25H27ClN4O2S. The van der Waals surface area contributed by atoms with E-state index in [2.05, 4.69) is 11.0 Å². The van der Waals surface area contributed by atoms with E-state index in [0.717, 1.165) is 64.3 Å². The number of nitrogens with zero attached hydrogens (tertiary/aromatic N) is 4. The number of thiophene rings is 1. The molecule has 5 rings (SSSR count). The monoisotopic (exact) mass is 482 g/mol. The van der Waals surface area contributed by atoms with Crippen LogP contribution >= 0.6 is 22.9 Å². The Bertz CT molecular complexity index is 1130. The normalized spacial score (nSPS) is 16.3. The van der Waals surface area contributed by atoms with Crippen molar-refractivity contribution >= 4 is 34.7 Å². The van der Waals surface area contributed by atoms with Crippen LogP contribution in [0.1, 0.15) is 51.1 Å². The predicted molar refractivity (Wildman–Crippen MR) is 131 cm³/mol. The third kappa shape index (κ3) is 5.05. The van der Waals surface area contributed by atoms with Gasteiger partial charge in [0.05, 0.1) is 17.2 Å². The lowest BCUT2D eigenvalue weighted by Crippen LogP contribution is -2.49. The topological polar surface area (TPSA) is 58.6 Å². The number of halogens is 1. The van der Waals surface area contributed by atoms with Crippen molar-refractivity contribution in [2.24, 2.45) is 0 Å². The molecule has 0 bridgehead atoms. The molecule has 1 saturated heterocycles. The molecule has 2 aliphatic rings. The van der Waals surface area contributed by atoms with Crippen LogP contribution in [0.2, 0.25) is 5.02 Å². The predicted octanol–water partition coefficient (Wildman–Crippen LogP) is 4.77. The van der Waals surface area contributed by atoms with E-state index in [-0.39, 0.29) is 5.91 Å². The molecule has 2 aromatic heterocycles. The van der Waals surface area contributed by atoms with Gasteiger partial charge in [0.1, 0.15) is 11.6 Å². The lowest BCUT2D eigenvalue weighted by Gasteiger charge is -2.36. The van der Waals surface area contributed by atoms with Crippen molar-refractivity contribution in [3.63, 3.8) is 0 Å². The molecule has 0 spiro atoms. The molecule has 0 N–H and O–H groups in total. The van der Waals surface area contributed by atoms with E-state index in [0.29, 0.717) is 32.0 Å². The first kappa shape index (κ1) is 22.3. The third-order valence-electron chi connectivity index (χ3n) is 6.18. The molecule has 1 aliphatic carbocycles. The molecule has 0 atom stereocenters. The van der Waals surface area contributed by atoms with E-state index in [1.165, 1.54) is 11.3 Å². The Labute approximate surface area is 203 Å². The number of carbonyl (C=O) groups is 1. The van der Waals surface area contributed by atoms with Gasteiger partial charge >= 0.3 is 0 Å². The van der Waals surface area contributed by atoms with Crippen molar-refractivity contribution < 1.29 is 9.53 Å². The fraction of sp³-hybridized carbons (Fsp3) is 0.400. The van der Waals surface area contributed by atoms with Crippen LogP contribution in [0.5, 0.6) is 0 Å². The standard InChI is InChI=1S/C25H27ClN4O2S/c1-32-16-21-20(15-17-4-2-5-19(26)14-17)24(28-23(27-21)18-7-8-18)29-9-11-30(12-10-29)25(31)22-6-3-13-33-22/h2-6,13-14,18H,7-12,15-16H2,1H3. The summed E-state index contributed by atoms with van der Waals surface area (Å²) in [6.45, 7) is 3.29. The lowest BCUT2D eigenvalue weighted by atomic mass is 10.0. The molecule has 2 fully saturated rings. The van der Waals surface area contributed by atoms with Gasteiger partial charge in [-0.3, -0.25) is 4.79 Å². The van der Waals surface area contributed by atoms with Crippen molar-refractivity contribution in [2.75, 3.05) is 38.2 Å². The van der Waals surface area contributed by atoms with E-state index in [9.17, 15) is 4.79 Å². The highest BCUT2D eigenvalue weighted by molar-refractivity contribution is 7.12. The van der Waals surface area contributed by atoms with Gasteiger partial charge in [0.2, 0.25) is 0 Å². The zero-order chi connectivity index (χ0) is 22.8. The first-order chi connectivity index (χ1) is 16.1. The summed E-state index contributed by atoms with van der Waals surface area (Å²) in [7, 11) is 1.71. The van der Waals surface area contributed by atoms with Crippen LogP contribution in [-0.4, -0.2) is 54.1 Å². The Morgan fingerprint density at radius 1 is 1.15 bits per heavy atom. The summed E-state index contributed by atoms with van der Waals surface area (Å²) in [5.41, 5.74) is 3.15. The van der Waals surface area contributed by atoms with E-state index in [1.54, 1.807) is 7.11 Å². The van der Waals surface area contributed by atoms with Crippen molar-refractivity contribution in [3.8, 4) is 0 Å². The molecule has 0 radical (unpaired) electrons. The molecule has 1 aliphatic heterocycles. The molecule has 3 heterocycles. The maximum Gasteiger partial charge on any atom is 0.264 e. The minimum Gasteiger partial charge on any atom is -0.378 e. The fourth-order valence-corrected chi connectivity index (χ4v) is 5.19. The minimum absolute atomic E-state index is 0.116. The van der Waals surface area contributed by atoms with Crippen LogP contribution in [0.4, 0.5) is 5.82 Å². The molecule has 0 unspecified atom stereocenters. The Morgan fingerprint density at radius 3 is 2.64 bits per heavy atom. The Kier molecular flexibility index (Phi) is 6.62. The summed E-state index contributed by atoms with van der Waals surface area (Å²) in [4.78, 5) is 27.8. The summed E-state index contributed by atoms with van der Waals surface area (Å²) in [6, 6.07) is 11.8. The van der Waals surface area contributed by atoms with Gasteiger partial charge in [-0.2, -0.15) is 0 Å². The average Bonchev–Trinajstić information content (AvgIpc) is 3.53. The lowest BCUT2D eigenvalue weighted by molar-refractivity contribution is 0.0751. The Morgan fingerprint density at radius 2 is 1.97 bits per heavy atom. The molecule has 1 aromatic carbocycles. The third-order valence-corrected chi connectivity index (χ3v) is 7.27. The summed E-state index contributed by atoms with van der Waals surface area (Å²) < 4.78 is 5.53. The van der Waals surface area contributed by atoms with Crippen LogP contribution in [0, 0.1) is 0 Å². The number of benzene rings is 1. The number of piperazine rings is 1. The molecule has 33 heavy (non-hydrogen) atoms. The number of ether oxygens (including phenoxy) is 1. The zero-order valence-electron chi connectivity index (χ0n) is 18.7. The minimum atomic E-state index is 0.116. The highest BCUT2D eigenvalue weighted by Crippen LogP contribution is 2.40. The summed E-state index contributed by atoms with van der Waals surface area (Å²) >= 11 is 7.76. The van der Waals surface area contributed by atoms with Crippen molar-refractivity contribution in [1.29, 1.82) is 0 Å². The number of hydrogen-bond acceptors (Lipinski definition) is 6. The van der Waals surface area contributed by atoms with Gasteiger partial charge in [-0.25, -0.2) is 9.97 Å². The Balaban J connectivity index is 1.44. The highest BCUT2D eigenvalue weighted by atomic mass is 35.5. The fourth-order valence-electron chi connectivity index (χ4n) is 4.29. The summed E-state index contributed by atoms with van der Waals surface area (Å²) in [5, 5.41) is 2.67. The van der Waals surface area contributed by atoms with E-state index < -0.39 is 0 Å². The highest BCUT2D eigenvalue weighted by Gasteiger charge is 2.31. The second-order valence-corrected chi connectivity index (χ2v) is 9.99. The molecule has 6 nitrogen and oxygen atoms in total. The zero-order valence-corrected chi connectivity index (χ0v) is 20.2. The van der Waals surface area contributed by atoms with Crippen LogP contribution in [0.3, 0.4) is 0 Å². The van der Waals surface area contributed by atoms with E-state index in [1.807, 2.05) is 40.6 Å². The number of carbonyl (C=O) groups excluding carboxylic acids is 1. The molecule has 1 saturated carbocycles. The van der Waals surface area contributed by atoms with Crippen LogP contribution in [0.25, 0.3) is 0 Å². The number of aromatic nitrogens is 2. The molecule has 3 aromatic rings. The van der Waals surface area contributed by atoms with Crippen molar-refractivity contribution in [3.05, 3.63) is 74.3 Å². The maximum atomic E-state index is 12.8. The molecule has 8 heteroatoms. The quantitative estimate of drug-likeness (QED) is 0.485. The van der Waals surface area contributed by atoms with Crippen molar-refractivity contribution in [2.45, 2.75) is 31.8 Å². The number of amides is 1.